The molecule has 19 heavy (non-hydrogen) atoms. The van der Waals surface area contributed by atoms with Crippen molar-refractivity contribution in [2.24, 2.45) is 0 Å². The van der Waals surface area contributed by atoms with E-state index in [0.717, 1.165) is 24.3 Å². The van der Waals surface area contributed by atoms with E-state index in [4.69, 9.17) is 9.84 Å². The Bertz CT molecular complexity index is 529. The quantitative estimate of drug-likeness (QED) is 0.743. The zero-order valence-corrected chi connectivity index (χ0v) is 11.2. The van der Waals surface area contributed by atoms with Crippen molar-refractivity contribution in [3.63, 3.8) is 0 Å². The van der Waals surface area contributed by atoms with Crippen LogP contribution in [0, 0.1) is 6.92 Å². The first-order valence-corrected chi connectivity index (χ1v) is 6.56. The molecule has 0 spiro atoms. The summed E-state index contributed by atoms with van der Waals surface area (Å²) in [5, 5.41) is 13.1. The predicted octanol–water partition coefficient (Wildman–Crippen LogP) is 1.64. The number of hydrogen-bond acceptors (Lipinski definition) is 4. The number of rotatable bonds is 7. The fourth-order valence-corrected chi connectivity index (χ4v) is 2.08. The molecular formula is C15H20N2O2. The van der Waals surface area contributed by atoms with Gasteiger partial charge in [0.05, 0.1) is 25.3 Å². The van der Waals surface area contributed by atoms with Gasteiger partial charge in [-0.3, -0.25) is 4.98 Å². The van der Waals surface area contributed by atoms with E-state index in [9.17, 15) is 0 Å². The lowest BCUT2D eigenvalue weighted by Crippen LogP contribution is -2.20. The standard InChI is InChI=1S/C15H20N2O2/c1-12-10-13(11-16-6-8-19-9-7-18)14-4-2-3-5-15(14)17-12/h2-5,10,16,18H,6-9,11H2,1H3. The second kappa shape index (κ2) is 7.19. The van der Waals surface area contributed by atoms with Crippen molar-refractivity contribution < 1.29 is 9.84 Å². The first kappa shape index (κ1) is 13.9. The van der Waals surface area contributed by atoms with Gasteiger partial charge in [0.15, 0.2) is 0 Å². The third kappa shape index (κ3) is 3.99. The van der Waals surface area contributed by atoms with E-state index >= 15 is 0 Å². The van der Waals surface area contributed by atoms with E-state index < -0.39 is 0 Å². The summed E-state index contributed by atoms with van der Waals surface area (Å²) >= 11 is 0. The number of para-hydroxylation sites is 1. The van der Waals surface area contributed by atoms with Gasteiger partial charge >= 0.3 is 0 Å². The molecule has 2 N–H and O–H groups in total. The SMILES string of the molecule is Cc1cc(CNCCOCCO)c2ccccc2n1. The molecule has 0 unspecified atom stereocenters. The fraction of sp³-hybridized carbons (Fsp3) is 0.400. The monoisotopic (exact) mass is 260 g/mol. The zero-order valence-electron chi connectivity index (χ0n) is 11.2. The third-order valence-electron chi connectivity index (χ3n) is 2.90. The van der Waals surface area contributed by atoms with Crippen LogP contribution in [0.5, 0.6) is 0 Å². The summed E-state index contributed by atoms with van der Waals surface area (Å²) in [5.74, 6) is 0. The number of ether oxygens (including phenoxy) is 1. The normalized spacial score (nSPS) is 11.1. The van der Waals surface area contributed by atoms with E-state index in [2.05, 4.69) is 22.4 Å². The van der Waals surface area contributed by atoms with Gasteiger partial charge in [0.25, 0.3) is 0 Å². The number of pyridine rings is 1. The lowest BCUT2D eigenvalue weighted by atomic mass is 10.1. The number of nitrogens with one attached hydrogen (secondary N) is 1. The molecule has 0 saturated heterocycles. The summed E-state index contributed by atoms with van der Waals surface area (Å²) in [5.41, 5.74) is 3.33. The maximum absolute atomic E-state index is 8.60. The van der Waals surface area contributed by atoms with Crippen molar-refractivity contribution in [3.05, 3.63) is 41.6 Å². The summed E-state index contributed by atoms with van der Waals surface area (Å²) < 4.78 is 5.21. The van der Waals surface area contributed by atoms with Gasteiger partial charge in [-0.25, -0.2) is 0 Å². The molecule has 0 fully saturated rings. The first-order valence-electron chi connectivity index (χ1n) is 6.56. The molecule has 0 radical (unpaired) electrons. The average molecular weight is 260 g/mol. The van der Waals surface area contributed by atoms with Crippen LogP contribution in [-0.2, 0) is 11.3 Å². The number of aliphatic hydroxyl groups excluding tert-OH is 1. The van der Waals surface area contributed by atoms with Gasteiger partial charge in [0.2, 0.25) is 0 Å². The molecule has 1 aromatic carbocycles. The van der Waals surface area contributed by atoms with Crippen molar-refractivity contribution in [2.75, 3.05) is 26.4 Å². The van der Waals surface area contributed by atoms with Gasteiger partial charge in [-0.2, -0.15) is 0 Å². The van der Waals surface area contributed by atoms with Crippen molar-refractivity contribution in [3.8, 4) is 0 Å². The minimum atomic E-state index is 0.0776. The van der Waals surface area contributed by atoms with Crippen molar-refractivity contribution in [1.82, 2.24) is 10.3 Å². The van der Waals surface area contributed by atoms with Crippen LogP contribution in [-0.4, -0.2) is 36.5 Å². The number of aryl methyl sites for hydroxylation is 1. The molecule has 1 aromatic heterocycles. The number of aliphatic hydroxyl groups is 1. The van der Waals surface area contributed by atoms with Crippen LogP contribution in [0.25, 0.3) is 10.9 Å². The molecular weight excluding hydrogens is 240 g/mol. The van der Waals surface area contributed by atoms with E-state index in [0.29, 0.717) is 13.2 Å². The zero-order chi connectivity index (χ0) is 13.5. The van der Waals surface area contributed by atoms with Crippen LogP contribution < -0.4 is 5.32 Å². The van der Waals surface area contributed by atoms with Gasteiger partial charge < -0.3 is 15.2 Å². The molecule has 2 rings (SSSR count). The van der Waals surface area contributed by atoms with Crippen LogP contribution in [0.4, 0.5) is 0 Å². The Hall–Kier alpha value is -1.49. The molecule has 0 amide bonds. The number of hydrogen-bond donors (Lipinski definition) is 2. The van der Waals surface area contributed by atoms with Crippen LogP contribution >= 0.6 is 0 Å². The summed E-state index contributed by atoms with van der Waals surface area (Å²) in [7, 11) is 0. The predicted molar refractivity (Wildman–Crippen MR) is 76.1 cm³/mol. The Morgan fingerprint density at radius 1 is 1.26 bits per heavy atom. The van der Waals surface area contributed by atoms with Crippen LogP contribution in [0.1, 0.15) is 11.3 Å². The smallest absolute Gasteiger partial charge is 0.0708 e. The molecule has 0 aliphatic heterocycles. The number of aromatic nitrogens is 1. The van der Waals surface area contributed by atoms with E-state index in [1.54, 1.807) is 0 Å². The first-order chi connectivity index (χ1) is 9.31. The number of benzene rings is 1. The molecule has 1 heterocycles. The number of fused-ring (bicyclic) bond motifs is 1. The van der Waals surface area contributed by atoms with E-state index in [-0.39, 0.29) is 6.61 Å². The Morgan fingerprint density at radius 2 is 2.11 bits per heavy atom. The lowest BCUT2D eigenvalue weighted by molar-refractivity contribution is 0.0938. The minimum absolute atomic E-state index is 0.0776. The molecule has 0 atom stereocenters. The Labute approximate surface area is 113 Å². The molecule has 4 nitrogen and oxygen atoms in total. The third-order valence-corrected chi connectivity index (χ3v) is 2.90. The molecule has 2 aromatic rings. The Kier molecular flexibility index (Phi) is 5.27. The van der Waals surface area contributed by atoms with Gasteiger partial charge in [-0.1, -0.05) is 18.2 Å². The molecule has 0 bridgehead atoms. The highest BCUT2D eigenvalue weighted by atomic mass is 16.5. The molecule has 0 saturated carbocycles. The van der Waals surface area contributed by atoms with Crippen molar-refractivity contribution in [1.29, 1.82) is 0 Å². The summed E-state index contributed by atoms with van der Waals surface area (Å²) in [6, 6.07) is 10.3. The average Bonchev–Trinajstić information content (AvgIpc) is 2.42. The van der Waals surface area contributed by atoms with Gasteiger partial charge in [-0.15, -0.1) is 0 Å². The van der Waals surface area contributed by atoms with Crippen LogP contribution in [0.2, 0.25) is 0 Å². The molecule has 4 heteroatoms. The lowest BCUT2D eigenvalue weighted by Gasteiger charge is -2.09. The molecule has 0 aliphatic rings. The van der Waals surface area contributed by atoms with E-state index in [1.165, 1.54) is 10.9 Å². The topological polar surface area (TPSA) is 54.4 Å². The van der Waals surface area contributed by atoms with Crippen LogP contribution in [0.15, 0.2) is 30.3 Å². The Morgan fingerprint density at radius 3 is 2.95 bits per heavy atom. The summed E-state index contributed by atoms with van der Waals surface area (Å²) in [4.78, 5) is 4.52. The maximum atomic E-state index is 8.60. The Balaban J connectivity index is 1.96. The highest BCUT2D eigenvalue weighted by Gasteiger charge is 2.02. The summed E-state index contributed by atoms with van der Waals surface area (Å²) in [6.07, 6.45) is 0. The van der Waals surface area contributed by atoms with Gasteiger partial charge in [0, 0.05) is 24.2 Å². The second-order valence-corrected chi connectivity index (χ2v) is 4.45. The number of nitrogens with zero attached hydrogens (tertiary/aromatic N) is 1. The van der Waals surface area contributed by atoms with Crippen LogP contribution in [0.3, 0.4) is 0 Å². The highest BCUT2D eigenvalue weighted by molar-refractivity contribution is 5.82. The van der Waals surface area contributed by atoms with Crippen molar-refractivity contribution in [2.45, 2.75) is 13.5 Å². The van der Waals surface area contributed by atoms with Gasteiger partial charge in [-0.05, 0) is 24.6 Å². The minimum Gasteiger partial charge on any atom is -0.394 e. The van der Waals surface area contributed by atoms with E-state index in [1.807, 2.05) is 25.1 Å². The summed E-state index contributed by atoms with van der Waals surface area (Å²) in [6.45, 7) is 4.68. The largest absolute Gasteiger partial charge is 0.394 e. The van der Waals surface area contributed by atoms with Gasteiger partial charge in [0.1, 0.15) is 0 Å². The van der Waals surface area contributed by atoms with Crippen molar-refractivity contribution >= 4 is 10.9 Å². The highest BCUT2D eigenvalue weighted by Crippen LogP contribution is 2.17. The fourth-order valence-electron chi connectivity index (χ4n) is 2.08. The second-order valence-electron chi connectivity index (χ2n) is 4.45. The molecule has 102 valence electrons. The molecule has 0 aliphatic carbocycles. The maximum Gasteiger partial charge on any atom is 0.0708 e.